The number of nitrogens with two attached hydrogens (primary N) is 1. The number of nitrogens with one attached hydrogen (secondary N) is 1. The molecule has 6 heteroatoms. The molecule has 2 aromatic rings. The second-order valence-electron chi connectivity index (χ2n) is 3.54. The molecular weight excluding hydrogens is 223 g/mol. The van der Waals surface area contributed by atoms with E-state index in [9.17, 15) is 9.18 Å². The number of amides is 1. The summed E-state index contributed by atoms with van der Waals surface area (Å²) in [5, 5.41) is 6.20. The number of rotatable bonds is 2. The van der Waals surface area contributed by atoms with Crippen molar-refractivity contribution in [1.29, 1.82) is 0 Å². The lowest BCUT2D eigenvalue weighted by molar-refractivity contribution is 0.0989. The highest BCUT2D eigenvalue weighted by atomic mass is 19.1. The van der Waals surface area contributed by atoms with E-state index in [0.29, 0.717) is 5.69 Å². The van der Waals surface area contributed by atoms with Gasteiger partial charge in [0.2, 0.25) is 0 Å². The zero-order valence-corrected chi connectivity index (χ0v) is 9.14. The van der Waals surface area contributed by atoms with Crippen LogP contribution in [-0.4, -0.2) is 23.2 Å². The number of nitrogen functional groups attached to an aromatic ring is 1. The van der Waals surface area contributed by atoms with Crippen molar-refractivity contribution in [1.82, 2.24) is 10.2 Å². The zero-order chi connectivity index (χ0) is 12.4. The van der Waals surface area contributed by atoms with Gasteiger partial charge in [-0.2, -0.15) is 5.10 Å². The van der Waals surface area contributed by atoms with Crippen LogP contribution in [0.3, 0.4) is 0 Å². The molecule has 1 heterocycles. The molecule has 0 unspecified atom stereocenters. The van der Waals surface area contributed by atoms with E-state index in [1.54, 1.807) is 7.05 Å². The van der Waals surface area contributed by atoms with E-state index >= 15 is 0 Å². The lowest BCUT2D eigenvalue weighted by atomic mass is 10.2. The molecule has 88 valence electrons. The van der Waals surface area contributed by atoms with Crippen LogP contribution in [0.15, 0.2) is 30.5 Å². The Kier molecular flexibility index (Phi) is 2.78. The number of benzene rings is 1. The summed E-state index contributed by atoms with van der Waals surface area (Å²) in [5.41, 5.74) is 6.66. The summed E-state index contributed by atoms with van der Waals surface area (Å²) in [6.45, 7) is 0. The Morgan fingerprint density at radius 1 is 1.41 bits per heavy atom. The van der Waals surface area contributed by atoms with Crippen LogP contribution >= 0.6 is 0 Å². The van der Waals surface area contributed by atoms with Gasteiger partial charge in [-0.1, -0.05) is 0 Å². The Morgan fingerprint density at radius 2 is 2.06 bits per heavy atom. The Labute approximate surface area is 97.0 Å². The summed E-state index contributed by atoms with van der Waals surface area (Å²) in [4.78, 5) is 13.4. The van der Waals surface area contributed by atoms with E-state index in [2.05, 4.69) is 10.2 Å². The normalized spacial score (nSPS) is 10.2. The van der Waals surface area contributed by atoms with Gasteiger partial charge >= 0.3 is 0 Å². The fourth-order valence-corrected chi connectivity index (χ4v) is 1.42. The smallest absolute Gasteiger partial charge is 0.278 e. The van der Waals surface area contributed by atoms with Crippen molar-refractivity contribution in [3.63, 3.8) is 0 Å². The highest BCUT2D eigenvalue weighted by Gasteiger charge is 2.17. The van der Waals surface area contributed by atoms with Crippen molar-refractivity contribution in [3.05, 3.63) is 42.0 Å². The Bertz CT molecular complexity index is 535. The van der Waals surface area contributed by atoms with E-state index in [1.165, 1.54) is 35.4 Å². The SMILES string of the molecule is CN(C(=O)c1[nH]ncc1N)c1ccc(F)cc1. The first-order valence-electron chi connectivity index (χ1n) is 4.92. The van der Waals surface area contributed by atoms with Gasteiger partial charge in [0.15, 0.2) is 0 Å². The highest BCUT2D eigenvalue weighted by molar-refractivity contribution is 6.07. The molecule has 0 saturated heterocycles. The molecule has 2 rings (SSSR count). The third-order valence-electron chi connectivity index (χ3n) is 2.40. The number of nitrogens with zero attached hydrogens (tertiary/aromatic N) is 2. The van der Waals surface area contributed by atoms with E-state index in [-0.39, 0.29) is 23.1 Å². The second-order valence-corrected chi connectivity index (χ2v) is 3.54. The van der Waals surface area contributed by atoms with Gasteiger partial charge < -0.3 is 10.6 Å². The zero-order valence-electron chi connectivity index (χ0n) is 9.14. The average molecular weight is 234 g/mol. The molecule has 0 radical (unpaired) electrons. The molecule has 17 heavy (non-hydrogen) atoms. The minimum Gasteiger partial charge on any atom is -0.396 e. The minimum atomic E-state index is -0.351. The molecule has 1 aromatic carbocycles. The Hall–Kier alpha value is -2.37. The summed E-state index contributed by atoms with van der Waals surface area (Å²) in [7, 11) is 1.58. The number of hydrogen-bond acceptors (Lipinski definition) is 3. The predicted octanol–water partition coefficient (Wildman–Crippen LogP) is 1.41. The summed E-state index contributed by atoms with van der Waals surface area (Å²) in [6, 6.07) is 5.60. The molecule has 0 fully saturated rings. The van der Waals surface area contributed by atoms with Crippen LogP contribution in [0.2, 0.25) is 0 Å². The number of H-pyrrole nitrogens is 1. The van der Waals surface area contributed by atoms with Crippen molar-refractivity contribution in [2.75, 3.05) is 17.7 Å². The number of aromatic amines is 1. The van der Waals surface area contributed by atoms with Crippen LogP contribution in [-0.2, 0) is 0 Å². The minimum absolute atomic E-state index is 0.219. The number of hydrogen-bond donors (Lipinski definition) is 2. The largest absolute Gasteiger partial charge is 0.396 e. The standard InChI is InChI=1S/C11H11FN4O/c1-16(8-4-2-7(12)3-5-8)11(17)10-9(13)6-14-15-10/h2-6H,13H2,1H3,(H,14,15). The number of aromatic nitrogens is 2. The first kappa shape index (κ1) is 11.1. The molecule has 0 saturated carbocycles. The van der Waals surface area contributed by atoms with Crippen molar-refractivity contribution in [2.24, 2.45) is 0 Å². The van der Waals surface area contributed by atoms with Gasteiger partial charge in [-0.05, 0) is 24.3 Å². The fraction of sp³-hybridized carbons (Fsp3) is 0.0909. The van der Waals surface area contributed by atoms with Gasteiger partial charge in [0.1, 0.15) is 11.5 Å². The van der Waals surface area contributed by atoms with Gasteiger partial charge in [0.05, 0.1) is 11.9 Å². The van der Waals surface area contributed by atoms with E-state index < -0.39 is 0 Å². The first-order chi connectivity index (χ1) is 8.09. The average Bonchev–Trinajstić information content (AvgIpc) is 2.74. The lowest BCUT2D eigenvalue weighted by Crippen LogP contribution is -2.27. The molecule has 0 aliphatic heterocycles. The molecule has 0 spiro atoms. The quantitative estimate of drug-likeness (QED) is 0.824. The summed E-state index contributed by atoms with van der Waals surface area (Å²) in [6.07, 6.45) is 1.37. The van der Waals surface area contributed by atoms with Crippen LogP contribution in [0.1, 0.15) is 10.5 Å². The highest BCUT2D eigenvalue weighted by Crippen LogP contribution is 2.17. The Balaban J connectivity index is 2.26. The van der Waals surface area contributed by atoms with Crippen molar-refractivity contribution in [3.8, 4) is 0 Å². The molecule has 0 aliphatic rings. The molecule has 0 bridgehead atoms. The van der Waals surface area contributed by atoms with Crippen LogP contribution in [0, 0.1) is 5.82 Å². The third-order valence-corrected chi connectivity index (χ3v) is 2.40. The molecule has 5 nitrogen and oxygen atoms in total. The van der Waals surface area contributed by atoms with Gasteiger partial charge in [0.25, 0.3) is 5.91 Å². The third kappa shape index (κ3) is 2.10. The molecular formula is C11H11FN4O. The monoisotopic (exact) mass is 234 g/mol. The van der Waals surface area contributed by atoms with Crippen LogP contribution < -0.4 is 10.6 Å². The lowest BCUT2D eigenvalue weighted by Gasteiger charge is -2.16. The topological polar surface area (TPSA) is 75.0 Å². The molecule has 1 amide bonds. The van der Waals surface area contributed by atoms with Gasteiger partial charge in [-0.25, -0.2) is 4.39 Å². The van der Waals surface area contributed by atoms with Crippen molar-refractivity contribution < 1.29 is 9.18 Å². The maximum Gasteiger partial charge on any atom is 0.278 e. The van der Waals surface area contributed by atoms with Crippen LogP contribution in [0.25, 0.3) is 0 Å². The van der Waals surface area contributed by atoms with Gasteiger partial charge in [-0.15, -0.1) is 0 Å². The number of halogens is 1. The molecule has 0 atom stereocenters. The first-order valence-corrected chi connectivity index (χ1v) is 4.92. The second kappa shape index (κ2) is 4.25. The van der Waals surface area contributed by atoms with Crippen molar-refractivity contribution in [2.45, 2.75) is 0 Å². The molecule has 0 aliphatic carbocycles. The maximum atomic E-state index is 12.7. The summed E-state index contributed by atoms with van der Waals surface area (Å²) >= 11 is 0. The van der Waals surface area contributed by atoms with E-state index in [0.717, 1.165) is 0 Å². The summed E-state index contributed by atoms with van der Waals surface area (Å²) in [5.74, 6) is -0.678. The number of carbonyl (C=O) groups is 1. The van der Waals surface area contributed by atoms with Crippen LogP contribution in [0.4, 0.5) is 15.8 Å². The number of carbonyl (C=O) groups excluding carboxylic acids is 1. The van der Waals surface area contributed by atoms with Crippen molar-refractivity contribution >= 4 is 17.3 Å². The van der Waals surface area contributed by atoms with Crippen LogP contribution in [0.5, 0.6) is 0 Å². The predicted molar refractivity (Wildman–Crippen MR) is 62.1 cm³/mol. The van der Waals surface area contributed by atoms with E-state index in [1.807, 2.05) is 0 Å². The van der Waals surface area contributed by atoms with Gasteiger partial charge in [0, 0.05) is 12.7 Å². The fourth-order valence-electron chi connectivity index (χ4n) is 1.42. The summed E-state index contributed by atoms with van der Waals surface area (Å²) < 4.78 is 12.7. The van der Waals surface area contributed by atoms with Gasteiger partial charge in [-0.3, -0.25) is 9.89 Å². The number of anilines is 2. The maximum absolute atomic E-state index is 12.7. The Morgan fingerprint density at radius 3 is 2.59 bits per heavy atom. The molecule has 3 N–H and O–H groups in total. The molecule has 1 aromatic heterocycles. The van der Waals surface area contributed by atoms with E-state index in [4.69, 9.17) is 5.73 Å².